The molecule has 1 aliphatic heterocycles. The number of fused-ring (bicyclic) bond motifs is 1. The zero-order chi connectivity index (χ0) is 13.1. The van der Waals surface area contributed by atoms with E-state index in [9.17, 15) is 0 Å². The first-order valence-electron chi connectivity index (χ1n) is 6.35. The lowest BCUT2D eigenvalue weighted by Crippen LogP contribution is -2.20. The van der Waals surface area contributed by atoms with Crippen LogP contribution in [0.25, 0.3) is 0 Å². The van der Waals surface area contributed by atoms with Crippen molar-refractivity contribution in [1.29, 1.82) is 0 Å². The van der Waals surface area contributed by atoms with Crippen LogP contribution in [0.4, 0.5) is 5.82 Å². The molecular weight excluding hydrogens is 230 g/mol. The molecule has 18 heavy (non-hydrogen) atoms. The number of aromatic nitrogens is 2. The van der Waals surface area contributed by atoms with E-state index in [-0.39, 0.29) is 6.10 Å². The monoisotopic (exact) mass is 251 g/mol. The van der Waals surface area contributed by atoms with Crippen molar-refractivity contribution in [1.82, 2.24) is 9.97 Å². The second kappa shape index (κ2) is 5.63. The van der Waals surface area contributed by atoms with Gasteiger partial charge in [0.05, 0.1) is 18.9 Å². The van der Waals surface area contributed by atoms with Crippen molar-refractivity contribution in [3.05, 3.63) is 17.1 Å². The van der Waals surface area contributed by atoms with E-state index < -0.39 is 0 Å². The van der Waals surface area contributed by atoms with Crippen LogP contribution in [0.15, 0.2) is 0 Å². The summed E-state index contributed by atoms with van der Waals surface area (Å²) in [6.45, 7) is 5.54. The van der Waals surface area contributed by atoms with Crippen LogP contribution in [0.2, 0.25) is 0 Å². The molecule has 2 rings (SSSR count). The summed E-state index contributed by atoms with van der Waals surface area (Å²) in [5, 5.41) is 3.13. The Balaban J connectivity index is 2.43. The number of methoxy groups -OCH3 is 1. The highest BCUT2D eigenvalue weighted by Gasteiger charge is 2.23. The Morgan fingerprint density at radius 3 is 2.72 bits per heavy atom. The van der Waals surface area contributed by atoms with Gasteiger partial charge >= 0.3 is 0 Å². The minimum atomic E-state index is -0.0646. The Hall–Kier alpha value is -1.20. The molecule has 5 heteroatoms. The summed E-state index contributed by atoms with van der Waals surface area (Å²) in [7, 11) is 3.58. The molecule has 5 nitrogen and oxygen atoms in total. The lowest BCUT2D eigenvalue weighted by Gasteiger charge is -2.23. The number of ether oxygens (including phenoxy) is 2. The predicted molar refractivity (Wildman–Crippen MR) is 69.5 cm³/mol. The van der Waals surface area contributed by atoms with E-state index in [2.05, 4.69) is 29.1 Å². The molecule has 0 aromatic carbocycles. The van der Waals surface area contributed by atoms with E-state index in [0.717, 1.165) is 35.9 Å². The van der Waals surface area contributed by atoms with E-state index in [1.807, 2.05) is 7.05 Å². The van der Waals surface area contributed by atoms with Gasteiger partial charge in [-0.3, -0.25) is 0 Å². The summed E-state index contributed by atoms with van der Waals surface area (Å²) in [4.78, 5) is 9.23. The number of anilines is 1. The third kappa shape index (κ3) is 2.47. The molecule has 1 unspecified atom stereocenters. The SMILES string of the molecule is CNc1nc(C(OC)C(C)C)nc2c1COCC2. The van der Waals surface area contributed by atoms with Crippen LogP contribution < -0.4 is 5.32 Å². The van der Waals surface area contributed by atoms with Gasteiger partial charge in [0.25, 0.3) is 0 Å². The number of rotatable bonds is 4. The topological polar surface area (TPSA) is 56.3 Å². The Kier molecular flexibility index (Phi) is 4.14. The Labute approximate surface area is 108 Å². The van der Waals surface area contributed by atoms with Gasteiger partial charge in [0.15, 0.2) is 5.82 Å². The van der Waals surface area contributed by atoms with Crippen molar-refractivity contribution in [3.63, 3.8) is 0 Å². The molecule has 100 valence electrons. The molecule has 0 bridgehead atoms. The zero-order valence-corrected chi connectivity index (χ0v) is 11.5. The maximum absolute atomic E-state index is 5.50. The Bertz CT molecular complexity index is 404. The third-order valence-corrected chi connectivity index (χ3v) is 3.19. The molecule has 0 aliphatic carbocycles. The zero-order valence-electron chi connectivity index (χ0n) is 11.5. The summed E-state index contributed by atoms with van der Waals surface area (Å²) in [5.74, 6) is 1.97. The maximum atomic E-state index is 5.50. The highest BCUT2D eigenvalue weighted by Crippen LogP contribution is 2.27. The number of hydrogen-bond acceptors (Lipinski definition) is 5. The minimum absolute atomic E-state index is 0.0646. The average Bonchev–Trinajstić information content (AvgIpc) is 2.38. The molecule has 2 heterocycles. The third-order valence-electron chi connectivity index (χ3n) is 3.19. The van der Waals surface area contributed by atoms with Gasteiger partial charge in [-0.1, -0.05) is 13.8 Å². The summed E-state index contributed by atoms with van der Waals surface area (Å²) in [6.07, 6.45) is 0.777. The maximum Gasteiger partial charge on any atom is 0.160 e. The first kappa shape index (κ1) is 13.2. The fourth-order valence-corrected chi connectivity index (χ4v) is 2.26. The van der Waals surface area contributed by atoms with Crippen LogP contribution in [0.1, 0.15) is 37.0 Å². The van der Waals surface area contributed by atoms with E-state index in [1.54, 1.807) is 7.11 Å². The van der Waals surface area contributed by atoms with Gasteiger partial charge in [-0.15, -0.1) is 0 Å². The van der Waals surface area contributed by atoms with Gasteiger partial charge in [-0.2, -0.15) is 0 Å². The van der Waals surface area contributed by atoms with Crippen molar-refractivity contribution in [2.24, 2.45) is 5.92 Å². The summed E-state index contributed by atoms with van der Waals surface area (Å²) in [6, 6.07) is 0. The van der Waals surface area contributed by atoms with E-state index >= 15 is 0 Å². The van der Waals surface area contributed by atoms with Gasteiger partial charge in [-0.05, 0) is 5.92 Å². The second-order valence-electron chi connectivity index (χ2n) is 4.81. The molecular formula is C13H21N3O2. The average molecular weight is 251 g/mol. The van der Waals surface area contributed by atoms with E-state index in [1.165, 1.54) is 0 Å². The van der Waals surface area contributed by atoms with Crippen molar-refractivity contribution in [2.75, 3.05) is 26.1 Å². The van der Waals surface area contributed by atoms with Gasteiger partial charge in [0.2, 0.25) is 0 Å². The van der Waals surface area contributed by atoms with Gasteiger partial charge < -0.3 is 14.8 Å². The second-order valence-corrected chi connectivity index (χ2v) is 4.81. The molecule has 0 saturated carbocycles. The number of nitrogens with zero attached hydrogens (tertiary/aromatic N) is 2. The molecule has 1 atom stereocenters. The molecule has 0 amide bonds. The fraction of sp³-hybridized carbons (Fsp3) is 0.692. The predicted octanol–water partition coefficient (Wildman–Crippen LogP) is 1.93. The van der Waals surface area contributed by atoms with Crippen LogP contribution in [-0.4, -0.2) is 30.7 Å². The van der Waals surface area contributed by atoms with Crippen molar-refractivity contribution in [3.8, 4) is 0 Å². The van der Waals surface area contributed by atoms with Crippen LogP contribution in [-0.2, 0) is 22.5 Å². The first-order chi connectivity index (χ1) is 8.67. The van der Waals surface area contributed by atoms with Crippen LogP contribution >= 0.6 is 0 Å². The molecule has 0 spiro atoms. The summed E-state index contributed by atoms with van der Waals surface area (Å²) >= 11 is 0. The fourth-order valence-electron chi connectivity index (χ4n) is 2.26. The summed E-state index contributed by atoms with van der Waals surface area (Å²) in [5.41, 5.74) is 2.16. The Morgan fingerprint density at radius 2 is 2.11 bits per heavy atom. The van der Waals surface area contributed by atoms with Gasteiger partial charge in [-0.25, -0.2) is 9.97 Å². The molecule has 1 aliphatic rings. The highest BCUT2D eigenvalue weighted by molar-refractivity contribution is 5.46. The first-order valence-corrected chi connectivity index (χ1v) is 6.35. The quantitative estimate of drug-likeness (QED) is 0.886. The van der Waals surface area contributed by atoms with Crippen LogP contribution in [0, 0.1) is 5.92 Å². The molecule has 0 radical (unpaired) electrons. The summed E-state index contributed by atoms with van der Waals surface area (Å²) < 4.78 is 11.0. The number of nitrogens with one attached hydrogen (secondary N) is 1. The molecule has 0 saturated heterocycles. The van der Waals surface area contributed by atoms with E-state index in [0.29, 0.717) is 12.5 Å². The highest BCUT2D eigenvalue weighted by atomic mass is 16.5. The van der Waals surface area contributed by atoms with Gasteiger partial charge in [0.1, 0.15) is 11.9 Å². The normalized spacial score (nSPS) is 16.5. The number of hydrogen-bond donors (Lipinski definition) is 1. The van der Waals surface area contributed by atoms with Crippen molar-refractivity contribution in [2.45, 2.75) is 33.0 Å². The lowest BCUT2D eigenvalue weighted by atomic mass is 10.1. The minimum Gasteiger partial charge on any atom is -0.376 e. The van der Waals surface area contributed by atoms with Crippen LogP contribution in [0.5, 0.6) is 0 Å². The van der Waals surface area contributed by atoms with Crippen molar-refractivity contribution < 1.29 is 9.47 Å². The molecule has 1 aromatic heterocycles. The molecule has 0 fully saturated rings. The largest absolute Gasteiger partial charge is 0.376 e. The van der Waals surface area contributed by atoms with Crippen molar-refractivity contribution >= 4 is 5.82 Å². The molecule has 1 aromatic rings. The lowest BCUT2D eigenvalue weighted by molar-refractivity contribution is 0.0564. The standard InChI is InChI=1S/C13H21N3O2/c1-8(2)11(17-4)13-15-10-5-6-18-7-9(10)12(14-3)16-13/h8,11H,5-7H2,1-4H3,(H,14,15,16). The Morgan fingerprint density at radius 1 is 1.33 bits per heavy atom. The smallest absolute Gasteiger partial charge is 0.160 e. The van der Waals surface area contributed by atoms with E-state index in [4.69, 9.17) is 9.47 Å². The van der Waals surface area contributed by atoms with Gasteiger partial charge in [0, 0.05) is 26.1 Å². The molecule has 1 N–H and O–H groups in total. The van der Waals surface area contributed by atoms with Crippen LogP contribution in [0.3, 0.4) is 0 Å².